The molecule has 1 fully saturated rings. The van der Waals surface area contributed by atoms with Gasteiger partial charge in [-0.15, -0.1) is 0 Å². The lowest BCUT2D eigenvalue weighted by Gasteiger charge is -2.10. The van der Waals surface area contributed by atoms with Gasteiger partial charge in [-0.05, 0) is 42.2 Å². The highest BCUT2D eigenvalue weighted by Crippen LogP contribution is 2.37. The van der Waals surface area contributed by atoms with Gasteiger partial charge in [0.05, 0.1) is 11.6 Å². The molecule has 0 aliphatic heterocycles. The van der Waals surface area contributed by atoms with E-state index in [1.165, 1.54) is 0 Å². The molecule has 2 aromatic rings. The van der Waals surface area contributed by atoms with Gasteiger partial charge in [0.25, 0.3) is 0 Å². The SMILES string of the molecule is CC1CC1C(=O)NCCC(=O)Nc1cccc(OCc2cccc(C#N)c2)c1. The molecular weight excluding hydrogens is 354 g/mol. The first kappa shape index (κ1) is 19.4. The van der Waals surface area contributed by atoms with Crippen LogP contribution in [0.25, 0.3) is 0 Å². The van der Waals surface area contributed by atoms with E-state index in [2.05, 4.69) is 16.7 Å². The van der Waals surface area contributed by atoms with Crippen molar-refractivity contribution < 1.29 is 14.3 Å². The van der Waals surface area contributed by atoms with Crippen LogP contribution in [0.4, 0.5) is 5.69 Å². The van der Waals surface area contributed by atoms with E-state index < -0.39 is 0 Å². The minimum Gasteiger partial charge on any atom is -0.489 e. The van der Waals surface area contributed by atoms with Crippen molar-refractivity contribution in [2.24, 2.45) is 11.8 Å². The summed E-state index contributed by atoms with van der Waals surface area (Å²) >= 11 is 0. The molecule has 3 rings (SSSR count). The molecule has 2 amide bonds. The first-order chi connectivity index (χ1) is 13.5. The molecule has 6 heteroatoms. The molecular formula is C22H23N3O3. The number of nitrogens with zero attached hydrogens (tertiary/aromatic N) is 1. The molecule has 6 nitrogen and oxygen atoms in total. The first-order valence-electron chi connectivity index (χ1n) is 9.34. The first-order valence-corrected chi connectivity index (χ1v) is 9.34. The van der Waals surface area contributed by atoms with Gasteiger partial charge in [-0.3, -0.25) is 9.59 Å². The number of carbonyl (C=O) groups excluding carboxylic acids is 2. The number of nitrogens with one attached hydrogen (secondary N) is 2. The van der Waals surface area contributed by atoms with Crippen molar-refractivity contribution in [3.8, 4) is 11.8 Å². The number of hydrogen-bond acceptors (Lipinski definition) is 4. The van der Waals surface area contributed by atoms with E-state index in [1.807, 2.05) is 19.1 Å². The molecule has 1 aliphatic carbocycles. The summed E-state index contributed by atoms with van der Waals surface area (Å²) in [5, 5.41) is 14.6. The fourth-order valence-corrected chi connectivity index (χ4v) is 2.90. The lowest BCUT2D eigenvalue weighted by molar-refractivity contribution is -0.122. The minimum absolute atomic E-state index is 0.0381. The van der Waals surface area contributed by atoms with E-state index >= 15 is 0 Å². The average molecular weight is 377 g/mol. The fraction of sp³-hybridized carbons (Fsp3) is 0.318. The molecule has 1 saturated carbocycles. The van der Waals surface area contributed by atoms with E-state index in [1.54, 1.807) is 36.4 Å². The summed E-state index contributed by atoms with van der Waals surface area (Å²) in [6.07, 6.45) is 1.16. The summed E-state index contributed by atoms with van der Waals surface area (Å²) in [7, 11) is 0. The third kappa shape index (κ3) is 5.58. The van der Waals surface area contributed by atoms with Crippen LogP contribution in [0, 0.1) is 23.2 Å². The van der Waals surface area contributed by atoms with Gasteiger partial charge in [-0.2, -0.15) is 5.26 Å². The largest absolute Gasteiger partial charge is 0.489 e. The molecule has 0 heterocycles. The third-order valence-corrected chi connectivity index (χ3v) is 4.68. The van der Waals surface area contributed by atoms with E-state index in [-0.39, 0.29) is 24.2 Å². The summed E-state index contributed by atoms with van der Waals surface area (Å²) in [6, 6.07) is 16.5. The number of benzene rings is 2. The number of ether oxygens (including phenoxy) is 1. The predicted octanol–water partition coefficient (Wildman–Crippen LogP) is 3.24. The van der Waals surface area contributed by atoms with Crippen LogP contribution in [0.5, 0.6) is 5.75 Å². The molecule has 2 aromatic carbocycles. The molecule has 0 aromatic heterocycles. The van der Waals surface area contributed by atoms with Gasteiger partial charge in [0, 0.05) is 30.6 Å². The van der Waals surface area contributed by atoms with Crippen molar-refractivity contribution in [2.75, 3.05) is 11.9 Å². The zero-order chi connectivity index (χ0) is 19.9. The Morgan fingerprint density at radius 1 is 1.21 bits per heavy atom. The fourth-order valence-electron chi connectivity index (χ4n) is 2.90. The van der Waals surface area contributed by atoms with Crippen molar-refractivity contribution in [3.05, 3.63) is 59.7 Å². The van der Waals surface area contributed by atoms with Gasteiger partial charge >= 0.3 is 0 Å². The van der Waals surface area contributed by atoms with E-state index in [0.29, 0.717) is 36.1 Å². The zero-order valence-corrected chi connectivity index (χ0v) is 15.8. The molecule has 2 N–H and O–H groups in total. The van der Waals surface area contributed by atoms with E-state index in [9.17, 15) is 9.59 Å². The molecule has 0 spiro atoms. The van der Waals surface area contributed by atoms with Gasteiger partial charge in [-0.25, -0.2) is 0 Å². The van der Waals surface area contributed by atoms with Gasteiger partial charge in [-0.1, -0.05) is 25.1 Å². The Bertz CT molecular complexity index is 904. The number of nitriles is 1. The second-order valence-electron chi connectivity index (χ2n) is 7.04. The number of anilines is 1. The highest BCUT2D eigenvalue weighted by atomic mass is 16.5. The maximum Gasteiger partial charge on any atom is 0.226 e. The van der Waals surface area contributed by atoms with Crippen LogP contribution in [0.15, 0.2) is 48.5 Å². The van der Waals surface area contributed by atoms with Gasteiger partial charge in [0.2, 0.25) is 11.8 Å². The number of carbonyl (C=O) groups is 2. The molecule has 0 saturated heterocycles. The Kier molecular flexibility index (Phi) is 6.28. The lowest BCUT2D eigenvalue weighted by atomic mass is 10.1. The van der Waals surface area contributed by atoms with Crippen LogP contribution in [0.2, 0.25) is 0 Å². The van der Waals surface area contributed by atoms with Gasteiger partial charge in [0.1, 0.15) is 12.4 Å². The number of rotatable bonds is 8. The van der Waals surface area contributed by atoms with Crippen LogP contribution in [-0.4, -0.2) is 18.4 Å². The average Bonchev–Trinajstić information content (AvgIpc) is 3.43. The Labute approximate surface area is 164 Å². The number of amides is 2. The quantitative estimate of drug-likeness (QED) is 0.739. The van der Waals surface area contributed by atoms with E-state index in [4.69, 9.17) is 10.00 Å². The summed E-state index contributed by atoms with van der Waals surface area (Å²) in [4.78, 5) is 23.8. The summed E-state index contributed by atoms with van der Waals surface area (Å²) in [5.74, 6) is 1.07. The number of hydrogen-bond donors (Lipinski definition) is 2. The highest BCUT2D eigenvalue weighted by molar-refractivity contribution is 5.91. The maximum absolute atomic E-state index is 12.1. The summed E-state index contributed by atoms with van der Waals surface area (Å²) < 4.78 is 5.75. The van der Waals surface area contributed by atoms with Crippen molar-refractivity contribution in [1.29, 1.82) is 5.26 Å². The monoisotopic (exact) mass is 377 g/mol. The van der Waals surface area contributed by atoms with Crippen molar-refractivity contribution in [1.82, 2.24) is 5.32 Å². The molecule has 144 valence electrons. The van der Waals surface area contributed by atoms with Crippen LogP contribution in [-0.2, 0) is 16.2 Å². The second-order valence-corrected chi connectivity index (χ2v) is 7.04. The van der Waals surface area contributed by atoms with Crippen molar-refractivity contribution >= 4 is 17.5 Å². The molecule has 1 aliphatic rings. The highest BCUT2D eigenvalue weighted by Gasteiger charge is 2.38. The zero-order valence-electron chi connectivity index (χ0n) is 15.8. The smallest absolute Gasteiger partial charge is 0.226 e. The predicted molar refractivity (Wildman–Crippen MR) is 105 cm³/mol. The Morgan fingerprint density at radius 3 is 2.75 bits per heavy atom. The van der Waals surface area contributed by atoms with Gasteiger partial charge in [0.15, 0.2) is 0 Å². The molecule has 2 atom stereocenters. The van der Waals surface area contributed by atoms with Crippen molar-refractivity contribution in [3.63, 3.8) is 0 Å². The third-order valence-electron chi connectivity index (χ3n) is 4.68. The van der Waals surface area contributed by atoms with Crippen LogP contribution in [0.1, 0.15) is 30.9 Å². The van der Waals surface area contributed by atoms with Crippen LogP contribution in [0.3, 0.4) is 0 Å². The Morgan fingerprint density at radius 2 is 2.00 bits per heavy atom. The topological polar surface area (TPSA) is 91.2 Å². The van der Waals surface area contributed by atoms with Crippen LogP contribution < -0.4 is 15.4 Å². The Balaban J connectivity index is 1.45. The molecule has 28 heavy (non-hydrogen) atoms. The van der Waals surface area contributed by atoms with E-state index in [0.717, 1.165) is 12.0 Å². The van der Waals surface area contributed by atoms with Crippen LogP contribution >= 0.6 is 0 Å². The van der Waals surface area contributed by atoms with Gasteiger partial charge < -0.3 is 15.4 Å². The molecule has 2 unspecified atom stereocenters. The minimum atomic E-state index is -0.164. The lowest BCUT2D eigenvalue weighted by Crippen LogP contribution is -2.29. The maximum atomic E-state index is 12.1. The second kappa shape index (κ2) is 9.05. The summed E-state index contributed by atoms with van der Waals surface area (Å²) in [6.45, 7) is 2.71. The normalized spacial score (nSPS) is 17.3. The summed E-state index contributed by atoms with van der Waals surface area (Å²) in [5.41, 5.74) is 2.12. The molecule has 0 bridgehead atoms. The van der Waals surface area contributed by atoms with Crippen molar-refractivity contribution in [2.45, 2.75) is 26.4 Å². The standard InChI is InChI=1S/C22H23N3O3/c1-15-10-20(15)22(27)24-9-8-21(26)25-18-6-3-7-19(12-18)28-14-17-5-2-4-16(11-17)13-23/h2-7,11-12,15,20H,8-10,14H2,1H3,(H,24,27)(H,25,26). The Hall–Kier alpha value is -3.33. The molecule has 0 radical (unpaired) electrons.